The lowest BCUT2D eigenvalue weighted by molar-refractivity contribution is 0.454. The third kappa shape index (κ3) is 3.15. The van der Waals surface area contributed by atoms with Crippen molar-refractivity contribution in [2.75, 3.05) is 0 Å². The minimum absolute atomic E-state index is 0.157. The Morgan fingerprint density at radius 3 is 2.67 bits per heavy atom. The molecule has 1 aromatic carbocycles. The van der Waals surface area contributed by atoms with E-state index in [0.717, 1.165) is 18.6 Å². The van der Waals surface area contributed by atoms with Crippen molar-refractivity contribution in [1.82, 2.24) is 9.97 Å². The Hall–Kier alpha value is -2.10. The Kier molecular flexibility index (Phi) is 3.78. The molecule has 0 radical (unpaired) electrons. The summed E-state index contributed by atoms with van der Waals surface area (Å²) in [5.41, 5.74) is 2.59. The molecule has 1 heterocycles. The molecule has 0 aliphatic heterocycles. The zero-order valence-electron chi connectivity index (χ0n) is 12.5. The Bertz CT molecular complexity index is 704. The highest BCUT2D eigenvalue weighted by atomic mass is 16.5. The molecule has 3 rings (SSSR count). The molecular formula is C17H20N2O2. The van der Waals surface area contributed by atoms with Crippen LogP contribution in [0.3, 0.4) is 0 Å². The van der Waals surface area contributed by atoms with E-state index in [0.29, 0.717) is 11.7 Å². The highest BCUT2D eigenvalue weighted by Crippen LogP contribution is 2.27. The van der Waals surface area contributed by atoms with Crippen LogP contribution in [0, 0.1) is 0 Å². The average Bonchev–Trinajstić information content (AvgIpc) is 2.46. The van der Waals surface area contributed by atoms with Crippen molar-refractivity contribution in [3.63, 3.8) is 0 Å². The second kappa shape index (κ2) is 5.72. The van der Waals surface area contributed by atoms with Crippen LogP contribution in [-0.2, 0) is 12.8 Å². The van der Waals surface area contributed by atoms with Gasteiger partial charge in [0, 0.05) is 5.92 Å². The lowest BCUT2D eigenvalue weighted by Gasteiger charge is -2.16. The van der Waals surface area contributed by atoms with Gasteiger partial charge in [-0.25, -0.2) is 0 Å². The van der Waals surface area contributed by atoms with Gasteiger partial charge in [0.1, 0.15) is 11.6 Å². The first-order valence-electron chi connectivity index (χ1n) is 7.53. The van der Waals surface area contributed by atoms with Gasteiger partial charge >= 0.3 is 0 Å². The van der Waals surface area contributed by atoms with Crippen LogP contribution in [0.25, 0.3) is 0 Å². The van der Waals surface area contributed by atoms with Crippen molar-refractivity contribution in [1.29, 1.82) is 0 Å². The molecular weight excluding hydrogens is 264 g/mol. The zero-order chi connectivity index (χ0) is 14.8. The molecule has 0 amide bonds. The molecule has 0 saturated carbocycles. The summed E-state index contributed by atoms with van der Waals surface area (Å²) in [5.74, 6) is 1.92. The number of rotatable bonds is 3. The van der Waals surface area contributed by atoms with Crippen molar-refractivity contribution in [3.05, 3.63) is 51.6 Å². The fraction of sp³-hybridized carbons (Fsp3) is 0.412. The quantitative estimate of drug-likeness (QED) is 0.937. The maximum absolute atomic E-state index is 11.7. The van der Waals surface area contributed by atoms with E-state index in [4.69, 9.17) is 4.74 Å². The van der Waals surface area contributed by atoms with Crippen LogP contribution in [0.1, 0.15) is 49.6 Å². The molecule has 21 heavy (non-hydrogen) atoms. The summed E-state index contributed by atoms with van der Waals surface area (Å²) in [7, 11) is 0. The number of aromatic amines is 1. The maximum atomic E-state index is 11.7. The molecule has 0 spiro atoms. The van der Waals surface area contributed by atoms with Crippen molar-refractivity contribution < 1.29 is 4.74 Å². The van der Waals surface area contributed by atoms with Gasteiger partial charge < -0.3 is 9.72 Å². The number of nitrogens with one attached hydrogen (secondary N) is 1. The minimum atomic E-state index is -0.179. The van der Waals surface area contributed by atoms with Gasteiger partial charge in [-0.05, 0) is 48.9 Å². The smallest absolute Gasteiger partial charge is 0.254 e. The minimum Gasteiger partial charge on any atom is -0.439 e. The maximum Gasteiger partial charge on any atom is 0.254 e. The molecule has 0 unspecified atom stereocenters. The van der Waals surface area contributed by atoms with Gasteiger partial charge in [0.25, 0.3) is 5.56 Å². The fourth-order valence-electron chi connectivity index (χ4n) is 2.67. The summed E-state index contributed by atoms with van der Waals surface area (Å²) in [6.07, 6.45) is 4.75. The van der Waals surface area contributed by atoms with E-state index in [9.17, 15) is 4.79 Å². The van der Waals surface area contributed by atoms with Gasteiger partial charge in [-0.1, -0.05) is 19.9 Å². The first-order chi connectivity index (χ1) is 10.1. The third-order valence-corrected chi connectivity index (χ3v) is 3.83. The SMILES string of the molecule is CC(C)c1nc(Oc2ccc3c(c2)CCCC3)cc(=O)[nH]1. The number of hydrogen-bond donors (Lipinski definition) is 1. The van der Waals surface area contributed by atoms with Gasteiger partial charge in [0.2, 0.25) is 5.88 Å². The van der Waals surface area contributed by atoms with E-state index in [-0.39, 0.29) is 11.5 Å². The first-order valence-corrected chi connectivity index (χ1v) is 7.53. The molecule has 1 aliphatic rings. The summed E-state index contributed by atoms with van der Waals surface area (Å²) in [6.45, 7) is 3.97. The van der Waals surface area contributed by atoms with E-state index in [2.05, 4.69) is 22.1 Å². The Morgan fingerprint density at radius 1 is 1.14 bits per heavy atom. The predicted octanol–water partition coefficient (Wildman–Crippen LogP) is 3.56. The molecule has 1 N–H and O–H groups in total. The van der Waals surface area contributed by atoms with Gasteiger partial charge in [-0.15, -0.1) is 0 Å². The number of H-pyrrole nitrogens is 1. The topological polar surface area (TPSA) is 55.0 Å². The van der Waals surface area contributed by atoms with E-state index in [1.54, 1.807) is 0 Å². The normalized spacial score (nSPS) is 14.0. The molecule has 0 saturated heterocycles. The lowest BCUT2D eigenvalue weighted by Crippen LogP contribution is -2.12. The standard InChI is InChI=1S/C17H20N2O2/c1-11(2)17-18-15(20)10-16(19-17)21-14-8-7-12-5-3-4-6-13(12)9-14/h7-11H,3-6H2,1-2H3,(H,18,19,20). The van der Waals surface area contributed by atoms with Crippen LogP contribution in [0.15, 0.2) is 29.1 Å². The summed E-state index contributed by atoms with van der Waals surface area (Å²) in [6, 6.07) is 7.56. The molecule has 1 aliphatic carbocycles. The van der Waals surface area contributed by atoms with Crippen LogP contribution < -0.4 is 10.3 Å². The van der Waals surface area contributed by atoms with Crippen molar-refractivity contribution >= 4 is 0 Å². The highest BCUT2D eigenvalue weighted by molar-refractivity contribution is 5.38. The van der Waals surface area contributed by atoms with Gasteiger partial charge in [-0.3, -0.25) is 4.79 Å². The van der Waals surface area contributed by atoms with Crippen LogP contribution in [0.2, 0.25) is 0 Å². The molecule has 1 aromatic heterocycles. The first kappa shape index (κ1) is 13.9. The van der Waals surface area contributed by atoms with E-state index in [1.165, 1.54) is 30.0 Å². The van der Waals surface area contributed by atoms with Crippen molar-refractivity contribution in [3.8, 4) is 11.6 Å². The average molecular weight is 284 g/mol. The number of benzene rings is 1. The summed E-state index contributed by atoms with van der Waals surface area (Å²) in [5, 5.41) is 0. The molecule has 4 heteroatoms. The van der Waals surface area contributed by atoms with Crippen LogP contribution in [0.5, 0.6) is 11.6 Å². The molecule has 0 atom stereocenters. The fourth-order valence-corrected chi connectivity index (χ4v) is 2.67. The lowest BCUT2D eigenvalue weighted by atomic mass is 9.92. The largest absolute Gasteiger partial charge is 0.439 e. The monoisotopic (exact) mass is 284 g/mol. The van der Waals surface area contributed by atoms with Crippen LogP contribution in [0.4, 0.5) is 0 Å². The van der Waals surface area contributed by atoms with E-state index >= 15 is 0 Å². The summed E-state index contributed by atoms with van der Waals surface area (Å²) >= 11 is 0. The number of ether oxygens (including phenoxy) is 1. The number of hydrogen-bond acceptors (Lipinski definition) is 3. The molecule has 2 aromatic rings. The van der Waals surface area contributed by atoms with Gasteiger partial charge in [-0.2, -0.15) is 4.98 Å². The molecule has 4 nitrogen and oxygen atoms in total. The number of aromatic nitrogens is 2. The number of nitrogens with zero attached hydrogens (tertiary/aromatic N) is 1. The van der Waals surface area contributed by atoms with Gasteiger partial charge in [0.05, 0.1) is 6.07 Å². The number of aryl methyl sites for hydroxylation is 2. The summed E-state index contributed by atoms with van der Waals surface area (Å²) in [4.78, 5) is 18.8. The van der Waals surface area contributed by atoms with E-state index < -0.39 is 0 Å². The predicted molar refractivity (Wildman–Crippen MR) is 82.1 cm³/mol. The van der Waals surface area contributed by atoms with Crippen LogP contribution >= 0.6 is 0 Å². The van der Waals surface area contributed by atoms with Crippen molar-refractivity contribution in [2.45, 2.75) is 45.4 Å². The third-order valence-electron chi connectivity index (χ3n) is 3.83. The van der Waals surface area contributed by atoms with Crippen LogP contribution in [-0.4, -0.2) is 9.97 Å². The highest BCUT2D eigenvalue weighted by Gasteiger charge is 2.11. The molecule has 0 fully saturated rings. The zero-order valence-corrected chi connectivity index (χ0v) is 12.5. The molecule has 110 valence electrons. The summed E-state index contributed by atoms with van der Waals surface area (Å²) < 4.78 is 5.78. The Labute approximate surface area is 124 Å². The Morgan fingerprint density at radius 2 is 1.90 bits per heavy atom. The van der Waals surface area contributed by atoms with E-state index in [1.807, 2.05) is 19.9 Å². The second-order valence-corrected chi connectivity index (χ2v) is 5.86. The number of fused-ring (bicyclic) bond motifs is 1. The second-order valence-electron chi connectivity index (χ2n) is 5.86. The van der Waals surface area contributed by atoms with Gasteiger partial charge in [0.15, 0.2) is 0 Å². The van der Waals surface area contributed by atoms with Crippen molar-refractivity contribution in [2.24, 2.45) is 0 Å². The molecule has 0 bridgehead atoms. The Balaban J connectivity index is 1.88.